The maximum Gasteiger partial charge on any atom is 0.147 e. The van der Waals surface area contributed by atoms with Crippen LogP contribution < -0.4 is 4.90 Å². The molecule has 0 amide bonds. The van der Waals surface area contributed by atoms with Gasteiger partial charge in [0, 0.05) is 25.9 Å². The lowest BCUT2D eigenvalue weighted by molar-refractivity contribution is 0.0820. The number of pyridine rings is 1. The highest BCUT2D eigenvalue weighted by atomic mass is 35.5. The molecule has 17 heavy (non-hydrogen) atoms. The number of aliphatic hydroxyl groups excluding tert-OH is 1. The molecule has 0 bridgehead atoms. The Labute approximate surface area is 106 Å². The lowest BCUT2D eigenvalue weighted by Gasteiger charge is -2.24. The van der Waals surface area contributed by atoms with E-state index in [0.29, 0.717) is 5.02 Å². The summed E-state index contributed by atoms with van der Waals surface area (Å²) in [5.41, 5.74) is 0.734. The molecule has 0 spiro atoms. The minimum atomic E-state index is -0.0352. The Balaban J connectivity index is 2.20. The molecule has 1 fully saturated rings. The molecule has 0 radical (unpaired) electrons. The summed E-state index contributed by atoms with van der Waals surface area (Å²) in [7, 11) is 0. The molecule has 4 nitrogen and oxygen atoms in total. The average Bonchev–Trinajstić information content (AvgIpc) is 2.53. The number of hydrogen-bond donors (Lipinski definition) is 1. The predicted octanol–water partition coefficient (Wildman–Crippen LogP) is 1.84. The lowest BCUT2D eigenvalue weighted by Crippen LogP contribution is -2.31. The van der Waals surface area contributed by atoms with Crippen molar-refractivity contribution >= 4 is 17.4 Å². The Bertz CT molecular complexity index is 387. The van der Waals surface area contributed by atoms with Crippen molar-refractivity contribution in [3.05, 3.63) is 22.8 Å². The van der Waals surface area contributed by atoms with Crippen molar-refractivity contribution in [2.75, 3.05) is 24.6 Å². The number of halogens is 1. The fourth-order valence-corrected chi connectivity index (χ4v) is 2.28. The van der Waals surface area contributed by atoms with Crippen molar-refractivity contribution in [3.8, 4) is 0 Å². The van der Waals surface area contributed by atoms with Gasteiger partial charge in [-0.2, -0.15) is 0 Å². The smallest absolute Gasteiger partial charge is 0.147 e. The number of rotatable bonds is 2. The van der Waals surface area contributed by atoms with Crippen LogP contribution in [0, 0.1) is 0 Å². The Hall–Kier alpha value is -0.840. The van der Waals surface area contributed by atoms with Crippen molar-refractivity contribution in [2.45, 2.75) is 26.1 Å². The van der Waals surface area contributed by atoms with Crippen LogP contribution >= 0.6 is 11.6 Å². The summed E-state index contributed by atoms with van der Waals surface area (Å²) in [4.78, 5) is 6.47. The highest BCUT2D eigenvalue weighted by molar-refractivity contribution is 6.33. The van der Waals surface area contributed by atoms with E-state index in [1.165, 1.54) is 0 Å². The molecule has 1 N–H and O–H groups in total. The first-order chi connectivity index (χ1) is 8.20. The molecule has 5 heteroatoms. The standard InChI is InChI=1S/C12H17ClN2O2/c1-9-7-15(3-2-4-17-9)12-11(13)5-10(8-16)6-14-12/h5-6,9,16H,2-4,7-8H2,1H3. The van der Waals surface area contributed by atoms with Crippen molar-refractivity contribution in [3.63, 3.8) is 0 Å². The fourth-order valence-electron chi connectivity index (χ4n) is 1.98. The number of anilines is 1. The average molecular weight is 257 g/mol. The van der Waals surface area contributed by atoms with Gasteiger partial charge >= 0.3 is 0 Å². The maximum absolute atomic E-state index is 9.02. The van der Waals surface area contributed by atoms with Gasteiger partial charge in [0.05, 0.1) is 17.7 Å². The summed E-state index contributed by atoms with van der Waals surface area (Å²) in [5, 5.41) is 9.61. The van der Waals surface area contributed by atoms with Gasteiger partial charge in [0.2, 0.25) is 0 Å². The Morgan fingerprint density at radius 3 is 3.18 bits per heavy atom. The molecule has 1 aromatic heterocycles. The van der Waals surface area contributed by atoms with Crippen LogP contribution in [0.2, 0.25) is 5.02 Å². The van der Waals surface area contributed by atoms with E-state index in [9.17, 15) is 0 Å². The van der Waals surface area contributed by atoms with E-state index < -0.39 is 0 Å². The van der Waals surface area contributed by atoms with Gasteiger partial charge < -0.3 is 14.7 Å². The Morgan fingerprint density at radius 2 is 2.47 bits per heavy atom. The second-order valence-corrected chi connectivity index (χ2v) is 4.70. The van der Waals surface area contributed by atoms with Gasteiger partial charge in [0.1, 0.15) is 5.82 Å². The number of aromatic nitrogens is 1. The van der Waals surface area contributed by atoms with Gasteiger partial charge in [-0.3, -0.25) is 0 Å². The second kappa shape index (κ2) is 5.67. The van der Waals surface area contributed by atoms with Crippen LogP contribution in [0.4, 0.5) is 5.82 Å². The van der Waals surface area contributed by atoms with Crippen LogP contribution in [0.1, 0.15) is 18.9 Å². The van der Waals surface area contributed by atoms with E-state index in [-0.39, 0.29) is 12.7 Å². The highest BCUT2D eigenvalue weighted by Gasteiger charge is 2.18. The minimum Gasteiger partial charge on any atom is -0.392 e. The molecule has 1 saturated heterocycles. The van der Waals surface area contributed by atoms with Crippen molar-refractivity contribution < 1.29 is 9.84 Å². The first-order valence-corrected chi connectivity index (χ1v) is 6.20. The molecule has 2 rings (SSSR count). The Morgan fingerprint density at radius 1 is 1.65 bits per heavy atom. The number of nitrogens with zero attached hydrogens (tertiary/aromatic N) is 2. The SMILES string of the molecule is CC1CN(c2ncc(CO)cc2Cl)CCCO1. The second-order valence-electron chi connectivity index (χ2n) is 4.29. The quantitative estimate of drug-likeness (QED) is 0.877. The molecular weight excluding hydrogens is 240 g/mol. The number of aliphatic hydroxyl groups is 1. The molecular formula is C12H17ClN2O2. The molecule has 0 saturated carbocycles. The molecule has 1 aliphatic rings. The summed E-state index contributed by atoms with van der Waals surface area (Å²) in [6.45, 7) is 4.49. The Kier molecular flexibility index (Phi) is 4.20. The molecule has 2 heterocycles. The largest absolute Gasteiger partial charge is 0.392 e. The van der Waals surface area contributed by atoms with Crippen molar-refractivity contribution in [1.29, 1.82) is 0 Å². The van der Waals surface area contributed by atoms with Crippen LogP contribution in [-0.2, 0) is 11.3 Å². The third-order valence-corrected chi connectivity index (χ3v) is 3.09. The predicted molar refractivity (Wildman–Crippen MR) is 67.4 cm³/mol. The van der Waals surface area contributed by atoms with Gasteiger partial charge in [-0.25, -0.2) is 4.98 Å². The van der Waals surface area contributed by atoms with Gasteiger partial charge in [-0.15, -0.1) is 0 Å². The molecule has 94 valence electrons. The topological polar surface area (TPSA) is 45.6 Å². The molecule has 1 unspecified atom stereocenters. The summed E-state index contributed by atoms with van der Waals surface area (Å²) < 4.78 is 5.59. The number of ether oxygens (including phenoxy) is 1. The highest BCUT2D eigenvalue weighted by Crippen LogP contribution is 2.25. The van der Waals surface area contributed by atoms with Gasteiger partial charge in [-0.05, 0) is 25.0 Å². The van der Waals surface area contributed by atoms with Crippen molar-refractivity contribution in [2.24, 2.45) is 0 Å². The summed E-state index contributed by atoms with van der Waals surface area (Å²) in [5.74, 6) is 0.779. The minimum absolute atomic E-state index is 0.0352. The van der Waals surface area contributed by atoms with Crippen LogP contribution in [0.3, 0.4) is 0 Å². The molecule has 0 aliphatic carbocycles. The molecule has 1 aliphatic heterocycles. The zero-order valence-corrected chi connectivity index (χ0v) is 10.7. The number of hydrogen-bond acceptors (Lipinski definition) is 4. The van der Waals surface area contributed by atoms with Crippen LogP contribution in [0.25, 0.3) is 0 Å². The van der Waals surface area contributed by atoms with E-state index in [0.717, 1.165) is 37.5 Å². The van der Waals surface area contributed by atoms with Crippen LogP contribution in [0.5, 0.6) is 0 Å². The van der Waals surface area contributed by atoms with Crippen LogP contribution in [0.15, 0.2) is 12.3 Å². The normalized spacial score (nSPS) is 21.4. The van der Waals surface area contributed by atoms with E-state index in [4.69, 9.17) is 21.4 Å². The zero-order chi connectivity index (χ0) is 12.3. The molecule has 0 aromatic carbocycles. The van der Waals surface area contributed by atoms with E-state index in [1.807, 2.05) is 6.92 Å². The summed E-state index contributed by atoms with van der Waals surface area (Å²) in [6.07, 6.45) is 2.83. The lowest BCUT2D eigenvalue weighted by atomic mass is 10.2. The molecule has 1 atom stereocenters. The zero-order valence-electron chi connectivity index (χ0n) is 9.90. The van der Waals surface area contributed by atoms with Crippen LogP contribution in [-0.4, -0.2) is 35.9 Å². The third kappa shape index (κ3) is 3.09. The first-order valence-electron chi connectivity index (χ1n) is 5.82. The fraction of sp³-hybridized carbons (Fsp3) is 0.583. The van der Waals surface area contributed by atoms with Crippen molar-refractivity contribution in [1.82, 2.24) is 4.98 Å². The molecule has 1 aromatic rings. The first kappa shape index (κ1) is 12.6. The van der Waals surface area contributed by atoms with E-state index in [2.05, 4.69) is 9.88 Å². The van der Waals surface area contributed by atoms with E-state index in [1.54, 1.807) is 12.3 Å². The third-order valence-electron chi connectivity index (χ3n) is 2.81. The maximum atomic E-state index is 9.02. The summed E-state index contributed by atoms with van der Waals surface area (Å²) in [6, 6.07) is 1.76. The van der Waals surface area contributed by atoms with Gasteiger partial charge in [-0.1, -0.05) is 11.6 Å². The van der Waals surface area contributed by atoms with Gasteiger partial charge in [0.15, 0.2) is 0 Å². The monoisotopic (exact) mass is 256 g/mol. The van der Waals surface area contributed by atoms with E-state index >= 15 is 0 Å². The van der Waals surface area contributed by atoms with Gasteiger partial charge in [0.25, 0.3) is 0 Å². The summed E-state index contributed by atoms with van der Waals surface area (Å²) >= 11 is 6.19.